The van der Waals surface area contributed by atoms with Gasteiger partial charge >= 0.3 is 0 Å². The van der Waals surface area contributed by atoms with Crippen LogP contribution < -0.4 is 15.4 Å². The summed E-state index contributed by atoms with van der Waals surface area (Å²) in [5.41, 5.74) is 1.11. The number of halogens is 1. The molecule has 0 saturated carbocycles. The Morgan fingerprint density at radius 1 is 1.04 bits per heavy atom. The minimum absolute atomic E-state index is 0. The Kier molecular flexibility index (Phi) is 16.7. The molecule has 1 rings (SSSR count). The van der Waals surface area contributed by atoms with E-state index >= 15 is 0 Å². The Balaban J connectivity index is 0.00000625. The molecule has 1 aromatic rings. The molecule has 0 fully saturated rings. The van der Waals surface area contributed by atoms with Crippen molar-refractivity contribution in [3.8, 4) is 5.75 Å². The van der Waals surface area contributed by atoms with E-state index in [1.165, 1.54) is 0 Å². The fourth-order valence-electron chi connectivity index (χ4n) is 2.09. The van der Waals surface area contributed by atoms with Crippen molar-refractivity contribution in [3.63, 3.8) is 0 Å². The van der Waals surface area contributed by atoms with E-state index < -0.39 is 0 Å². The van der Waals surface area contributed by atoms with Crippen molar-refractivity contribution in [1.29, 1.82) is 0 Å². The number of hydrogen-bond acceptors (Lipinski definition) is 4. The number of rotatable bonds is 13. The van der Waals surface area contributed by atoms with Crippen LogP contribution >= 0.6 is 24.0 Å². The second kappa shape index (κ2) is 17.4. The second-order valence-electron chi connectivity index (χ2n) is 5.55. The zero-order chi connectivity index (χ0) is 18.2. The summed E-state index contributed by atoms with van der Waals surface area (Å²) in [7, 11) is 1.67. The van der Waals surface area contributed by atoms with Crippen LogP contribution in [0.3, 0.4) is 0 Å². The molecule has 1 aromatic carbocycles. The van der Waals surface area contributed by atoms with Crippen LogP contribution in [-0.2, 0) is 16.0 Å². The van der Waals surface area contributed by atoms with Crippen molar-refractivity contribution in [3.05, 3.63) is 29.8 Å². The summed E-state index contributed by atoms with van der Waals surface area (Å²) in [4.78, 5) is 4.59. The SMILES string of the molecule is CCCCOCCOCCNC(=NCc1cccc(OC)c1)NCC.I. The molecule has 0 saturated heterocycles. The molecule has 0 amide bonds. The number of methoxy groups -OCH3 is 1. The molecule has 0 aromatic heterocycles. The van der Waals surface area contributed by atoms with Gasteiger partial charge in [0, 0.05) is 19.7 Å². The number of nitrogens with one attached hydrogen (secondary N) is 2. The van der Waals surface area contributed by atoms with Gasteiger partial charge in [-0.2, -0.15) is 0 Å². The van der Waals surface area contributed by atoms with Gasteiger partial charge in [0.25, 0.3) is 0 Å². The molecule has 0 aliphatic heterocycles. The molecule has 26 heavy (non-hydrogen) atoms. The Bertz CT molecular complexity index is 487. The standard InChI is InChI=1S/C19H33N3O3.HI/c1-4-6-11-24-13-14-25-12-10-21-19(20-5-2)22-16-17-8-7-9-18(15-17)23-3;/h7-9,15H,4-6,10-14,16H2,1-3H3,(H2,20,21,22);1H. The predicted octanol–water partition coefficient (Wildman–Crippen LogP) is 3.20. The van der Waals surface area contributed by atoms with Crippen molar-refractivity contribution in [2.24, 2.45) is 4.99 Å². The van der Waals surface area contributed by atoms with E-state index in [-0.39, 0.29) is 24.0 Å². The number of unbranched alkanes of at least 4 members (excludes halogenated alkanes) is 1. The lowest BCUT2D eigenvalue weighted by Gasteiger charge is -2.12. The maximum Gasteiger partial charge on any atom is 0.191 e. The third-order valence-electron chi connectivity index (χ3n) is 3.45. The molecular formula is C19H34IN3O3. The van der Waals surface area contributed by atoms with E-state index in [0.717, 1.165) is 43.3 Å². The molecule has 0 spiro atoms. The van der Waals surface area contributed by atoms with Crippen molar-refractivity contribution < 1.29 is 14.2 Å². The number of aliphatic imine (C=N–C) groups is 1. The van der Waals surface area contributed by atoms with Crippen LogP contribution in [0.25, 0.3) is 0 Å². The molecule has 0 bridgehead atoms. The van der Waals surface area contributed by atoms with Crippen LogP contribution in [0.4, 0.5) is 0 Å². The van der Waals surface area contributed by atoms with Crippen LogP contribution in [-0.4, -0.2) is 52.6 Å². The fraction of sp³-hybridized carbons (Fsp3) is 0.632. The maximum atomic E-state index is 5.55. The average Bonchev–Trinajstić information content (AvgIpc) is 2.64. The third kappa shape index (κ3) is 12.3. The first-order valence-corrected chi connectivity index (χ1v) is 9.10. The van der Waals surface area contributed by atoms with E-state index in [2.05, 4.69) is 22.5 Å². The maximum absolute atomic E-state index is 5.55. The molecular weight excluding hydrogens is 445 g/mol. The quantitative estimate of drug-likeness (QED) is 0.197. The summed E-state index contributed by atoms with van der Waals surface area (Å²) in [6, 6.07) is 7.94. The molecule has 0 heterocycles. The number of guanidine groups is 1. The highest BCUT2D eigenvalue weighted by atomic mass is 127. The second-order valence-corrected chi connectivity index (χ2v) is 5.55. The van der Waals surface area contributed by atoms with Crippen LogP contribution in [0.1, 0.15) is 32.3 Å². The largest absolute Gasteiger partial charge is 0.497 e. The van der Waals surface area contributed by atoms with Gasteiger partial charge in [-0.05, 0) is 31.0 Å². The van der Waals surface area contributed by atoms with Gasteiger partial charge in [0.15, 0.2) is 5.96 Å². The predicted molar refractivity (Wildman–Crippen MR) is 118 cm³/mol. The number of hydrogen-bond donors (Lipinski definition) is 2. The number of benzene rings is 1. The Hall–Kier alpha value is -1.06. The van der Waals surface area contributed by atoms with Crippen molar-refractivity contribution >= 4 is 29.9 Å². The average molecular weight is 479 g/mol. The summed E-state index contributed by atoms with van der Waals surface area (Å²) < 4.78 is 16.2. The van der Waals surface area contributed by atoms with Gasteiger partial charge in [-0.15, -0.1) is 24.0 Å². The first kappa shape index (κ1) is 24.9. The van der Waals surface area contributed by atoms with E-state index in [1.54, 1.807) is 7.11 Å². The number of ether oxygens (including phenoxy) is 3. The van der Waals surface area contributed by atoms with Crippen molar-refractivity contribution in [1.82, 2.24) is 10.6 Å². The lowest BCUT2D eigenvalue weighted by atomic mass is 10.2. The lowest BCUT2D eigenvalue weighted by Crippen LogP contribution is -2.39. The smallest absolute Gasteiger partial charge is 0.191 e. The van der Waals surface area contributed by atoms with Crippen LogP contribution in [0.5, 0.6) is 5.75 Å². The number of nitrogens with zero attached hydrogens (tertiary/aromatic N) is 1. The van der Waals surface area contributed by atoms with Gasteiger partial charge in [-0.25, -0.2) is 4.99 Å². The zero-order valence-corrected chi connectivity index (χ0v) is 18.6. The van der Waals surface area contributed by atoms with Crippen molar-refractivity contribution in [2.45, 2.75) is 33.2 Å². The Morgan fingerprint density at radius 2 is 1.81 bits per heavy atom. The molecule has 150 valence electrons. The van der Waals surface area contributed by atoms with Crippen molar-refractivity contribution in [2.75, 3.05) is 46.6 Å². The highest BCUT2D eigenvalue weighted by Gasteiger charge is 1.99. The van der Waals surface area contributed by atoms with Gasteiger partial charge in [0.1, 0.15) is 5.75 Å². The molecule has 0 aliphatic carbocycles. The zero-order valence-electron chi connectivity index (χ0n) is 16.3. The first-order chi connectivity index (χ1) is 12.3. The Labute approximate surface area is 175 Å². The Morgan fingerprint density at radius 3 is 2.50 bits per heavy atom. The fourth-order valence-corrected chi connectivity index (χ4v) is 2.09. The lowest BCUT2D eigenvalue weighted by molar-refractivity contribution is 0.0487. The molecule has 0 radical (unpaired) electrons. The van der Waals surface area contributed by atoms with Crippen LogP contribution in [0, 0.1) is 0 Å². The molecule has 2 N–H and O–H groups in total. The van der Waals surface area contributed by atoms with Gasteiger partial charge in [0.2, 0.25) is 0 Å². The topological polar surface area (TPSA) is 64.1 Å². The normalized spacial score (nSPS) is 11.0. The summed E-state index contributed by atoms with van der Waals surface area (Å²) >= 11 is 0. The summed E-state index contributed by atoms with van der Waals surface area (Å²) in [5.74, 6) is 1.63. The van der Waals surface area contributed by atoms with E-state index in [4.69, 9.17) is 14.2 Å². The highest BCUT2D eigenvalue weighted by Crippen LogP contribution is 2.13. The molecule has 0 atom stereocenters. The van der Waals surface area contributed by atoms with E-state index in [1.807, 2.05) is 31.2 Å². The van der Waals surface area contributed by atoms with Gasteiger partial charge in [-0.1, -0.05) is 25.5 Å². The monoisotopic (exact) mass is 479 g/mol. The van der Waals surface area contributed by atoms with Gasteiger partial charge in [-0.3, -0.25) is 0 Å². The summed E-state index contributed by atoms with van der Waals surface area (Å²) in [6.45, 7) is 9.05. The molecule has 0 unspecified atom stereocenters. The van der Waals surface area contributed by atoms with Gasteiger partial charge < -0.3 is 24.8 Å². The van der Waals surface area contributed by atoms with Crippen LogP contribution in [0.2, 0.25) is 0 Å². The summed E-state index contributed by atoms with van der Waals surface area (Å²) in [5, 5.41) is 6.51. The third-order valence-corrected chi connectivity index (χ3v) is 3.45. The van der Waals surface area contributed by atoms with Crippen LogP contribution in [0.15, 0.2) is 29.3 Å². The van der Waals surface area contributed by atoms with Gasteiger partial charge in [0.05, 0.1) is 33.5 Å². The van der Waals surface area contributed by atoms with E-state index in [0.29, 0.717) is 32.9 Å². The first-order valence-electron chi connectivity index (χ1n) is 9.10. The molecule has 6 nitrogen and oxygen atoms in total. The molecule has 7 heteroatoms. The minimum atomic E-state index is 0. The summed E-state index contributed by atoms with van der Waals surface area (Å²) in [6.07, 6.45) is 2.27. The molecule has 0 aliphatic rings. The highest BCUT2D eigenvalue weighted by molar-refractivity contribution is 14.0. The minimum Gasteiger partial charge on any atom is -0.497 e. The van der Waals surface area contributed by atoms with E-state index in [9.17, 15) is 0 Å².